The van der Waals surface area contributed by atoms with Gasteiger partial charge in [0, 0.05) is 29.2 Å². The number of rotatable bonds is 5. The molecule has 0 saturated carbocycles. The van der Waals surface area contributed by atoms with Gasteiger partial charge in [0.05, 0.1) is 0 Å². The van der Waals surface area contributed by atoms with E-state index in [4.69, 9.17) is 0 Å². The second-order valence-corrected chi connectivity index (χ2v) is 5.57. The Bertz CT molecular complexity index is 899. The summed E-state index contributed by atoms with van der Waals surface area (Å²) in [6.07, 6.45) is 1.27. The van der Waals surface area contributed by atoms with E-state index in [0.717, 1.165) is 24.3 Å². The molecule has 1 unspecified atom stereocenters. The molecule has 4 nitrogen and oxygen atoms in total. The molecule has 0 fully saturated rings. The summed E-state index contributed by atoms with van der Waals surface area (Å²) in [6, 6.07) is 1.87. The lowest BCUT2D eigenvalue weighted by Gasteiger charge is -2.23. The van der Waals surface area contributed by atoms with Crippen LogP contribution in [0.5, 0.6) is 5.75 Å². The first-order valence-electron chi connectivity index (χ1n) is 7.66. The van der Waals surface area contributed by atoms with Gasteiger partial charge < -0.3 is 9.47 Å². The van der Waals surface area contributed by atoms with E-state index in [1.165, 1.54) is 6.92 Å². The van der Waals surface area contributed by atoms with Crippen LogP contribution in [0.25, 0.3) is 5.57 Å². The second kappa shape index (κ2) is 8.03. The van der Waals surface area contributed by atoms with Gasteiger partial charge in [0.2, 0.25) is 5.82 Å². The summed E-state index contributed by atoms with van der Waals surface area (Å²) in [5.74, 6) is -10.1. The molecule has 2 rings (SSSR count). The molecule has 1 aliphatic rings. The summed E-state index contributed by atoms with van der Waals surface area (Å²) in [4.78, 5) is 22.4. The van der Waals surface area contributed by atoms with E-state index in [-0.39, 0.29) is 6.42 Å². The molecule has 0 saturated heterocycles. The van der Waals surface area contributed by atoms with Gasteiger partial charge in [-0.1, -0.05) is 20.1 Å². The summed E-state index contributed by atoms with van der Waals surface area (Å²) in [5.41, 5.74) is -0.990. The highest BCUT2D eigenvalue weighted by molar-refractivity contribution is 5.84. The average Bonchev–Trinajstić information content (AvgIpc) is 2.65. The molecule has 0 radical (unpaired) electrons. The maximum Gasteiger partial charge on any atom is 0.335 e. The monoisotopic (exact) mass is 382 g/mol. The van der Waals surface area contributed by atoms with Crippen molar-refractivity contribution in [2.45, 2.75) is 13.3 Å². The van der Waals surface area contributed by atoms with Crippen LogP contribution >= 0.6 is 0 Å². The number of carbonyl (C=O) groups is 2. The van der Waals surface area contributed by atoms with Crippen LogP contribution in [0.3, 0.4) is 0 Å². The van der Waals surface area contributed by atoms with Crippen molar-refractivity contribution in [2.24, 2.45) is 5.92 Å². The second-order valence-electron chi connectivity index (χ2n) is 5.57. The molecular formula is C19H14F4O4. The van der Waals surface area contributed by atoms with Crippen molar-refractivity contribution in [1.29, 1.82) is 0 Å². The molecule has 0 aliphatic heterocycles. The molecule has 8 heteroatoms. The average molecular weight is 382 g/mol. The van der Waals surface area contributed by atoms with E-state index < -0.39 is 63.8 Å². The number of carbonyl (C=O) groups excluding carboxylic acids is 2. The molecular weight excluding hydrogens is 368 g/mol. The quantitative estimate of drug-likeness (QED) is 0.321. The lowest BCUT2D eigenvalue weighted by Crippen LogP contribution is -2.16. The normalized spacial score (nSPS) is 16.9. The van der Waals surface area contributed by atoms with Crippen LogP contribution in [-0.2, 0) is 14.3 Å². The highest BCUT2D eigenvalue weighted by Gasteiger charge is 2.33. The molecule has 27 heavy (non-hydrogen) atoms. The largest absolute Gasteiger partial charge is 0.424 e. The smallest absolute Gasteiger partial charge is 0.335 e. The lowest BCUT2D eigenvalue weighted by molar-refractivity contribution is -0.135. The van der Waals surface area contributed by atoms with Crippen molar-refractivity contribution in [1.82, 2.24) is 0 Å². The SMILES string of the molecule is C=CC(=O)OC1=C(F)C(F)=C(c2ccc(OC(=O)C=C)c(F)c2F)CC1C. The Balaban J connectivity index is 2.50. The van der Waals surface area contributed by atoms with Crippen LogP contribution in [0.15, 0.2) is 54.9 Å². The van der Waals surface area contributed by atoms with Crippen molar-refractivity contribution in [2.75, 3.05) is 0 Å². The number of halogens is 4. The molecule has 0 aromatic heterocycles. The predicted octanol–water partition coefficient (Wildman–Crippen LogP) is 4.69. The van der Waals surface area contributed by atoms with Crippen molar-refractivity contribution in [3.63, 3.8) is 0 Å². The van der Waals surface area contributed by atoms with Crippen LogP contribution in [0, 0.1) is 17.6 Å². The number of esters is 2. The Morgan fingerprint density at radius 2 is 1.59 bits per heavy atom. The fraction of sp³-hybridized carbons (Fsp3) is 0.158. The van der Waals surface area contributed by atoms with Crippen molar-refractivity contribution >= 4 is 17.5 Å². The number of ether oxygens (including phenoxy) is 2. The number of benzene rings is 1. The van der Waals surface area contributed by atoms with Crippen molar-refractivity contribution < 1.29 is 36.6 Å². The summed E-state index contributed by atoms with van der Waals surface area (Å²) in [6.45, 7) is 7.70. The maximum absolute atomic E-state index is 14.4. The summed E-state index contributed by atoms with van der Waals surface area (Å²) in [5, 5.41) is 0. The maximum atomic E-state index is 14.4. The molecule has 0 heterocycles. The summed E-state index contributed by atoms with van der Waals surface area (Å²) < 4.78 is 66.4. The van der Waals surface area contributed by atoms with E-state index in [1.54, 1.807) is 0 Å². The van der Waals surface area contributed by atoms with Gasteiger partial charge in [0.25, 0.3) is 0 Å². The number of allylic oxidation sites excluding steroid dienone is 4. The summed E-state index contributed by atoms with van der Waals surface area (Å²) in [7, 11) is 0. The first-order valence-corrected chi connectivity index (χ1v) is 7.66. The van der Waals surface area contributed by atoms with E-state index in [0.29, 0.717) is 0 Å². The van der Waals surface area contributed by atoms with Gasteiger partial charge >= 0.3 is 11.9 Å². The minimum atomic E-state index is -1.54. The standard InChI is InChI=1S/C19H14F4O4/c1-4-13(24)26-12-7-6-10(15(20)17(12)22)11-8-9(3)19(18(23)16(11)21)27-14(25)5-2/h4-7,9H,1-2,8H2,3H3. The highest BCUT2D eigenvalue weighted by Crippen LogP contribution is 2.42. The third kappa shape index (κ3) is 3.99. The fourth-order valence-electron chi connectivity index (χ4n) is 2.46. The predicted molar refractivity (Wildman–Crippen MR) is 88.4 cm³/mol. The molecule has 0 spiro atoms. The van der Waals surface area contributed by atoms with Crippen LogP contribution in [0.2, 0.25) is 0 Å². The van der Waals surface area contributed by atoms with E-state index in [9.17, 15) is 27.2 Å². The first-order chi connectivity index (χ1) is 12.7. The minimum Gasteiger partial charge on any atom is -0.424 e. The Morgan fingerprint density at radius 3 is 2.19 bits per heavy atom. The van der Waals surface area contributed by atoms with E-state index >= 15 is 0 Å². The Morgan fingerprint density at radius 1 is 1.00 bits per heavy atom. The molecule has 142 valence electrons. The number of hydrogen-bond acceptors (Lipinski definition) is 4. The van der Waals surface area contributed by atoms with Gasteiger partial charge in [0.15, 0.2) is 23.2 Å². The van der Waals surface area contributed by atoms with Gasteiger partial charge in [-0.2, -0.15) is 8.78 Å². The minimum absolute atomic E-state index is 0.263. The third-order valence-corrected chi connectivity index (χ3v) is 3.76. The van der Waals surface area contributed by atoms with Crippen LogP contribution < -0.4 is 4.74 Å². The first kappa shape index (κ1) is 20.2. The van der Waals surface area contributed by atoms with Gasteiger partial charge in [-0.05, 0) is 18.6 Å². The molecule has 0 amide bonds. The molecule has 1 aromatic rings. The van der Waals surface area contributed by atoms with Crippen molar-refractivity contribution in [3.8, 4) is 5.75 Å². The highest BCUT2D eigenvalue weighted by atomic mass is 19.2. The zero-order valence-electron chi connectivity index (χ0n) is 14.2. The van der Waals surface area contributed by atoms with Crippen LogP contribution in [-0.4, -0.2) is 11.9 Å². The van der Waals surface area contributed by atoms with E-state index in [2.05, 4.69) is 22.6 Å². The van der Waals surface area contributed by atoms with Crippen molar-refractivity contribution in [3.05, 3.63) is 72.1 Å². The Hall–Kier alpha value is -3.16. The molecule has 0 N–H and O–H groups in total. The van der Waals surface area contributed by atoms with E-state index in [1.807, 2.05) is 0 Å². The van der Waals surface area contributed by atoms with Gasteiger partial charge in [0.1, 0.15) is 5.76 Å². The van der Waals surface area contributed by atoms with Gasteiger partial charge in [-0.25, -0.2) is 18.4 Å². The van der Waals surface area contributed by atoms with Crippen LogP contribution in [0.1, 0.15) is 18.9 Å². The van der Waals surface area contributed by atoms with Gasteiger partial charge in [-0.15, -0.1) is 0 Å². The molecule has 1 aromatic carbocycles. The Kier molecular flexibility index (Phi) is 5.99. The topological polar surface area (TPSA) is 52.6 Å². The zero-order chi connectivity index (χ0) is 20.3. The molecule has 1 aliphatic carbocycles. The Labute approximate surface area is 152 Å². The fourth-order valence-corrected chi connectivity index (χ4v) is 2.46. The van der Waals surface area contributed by atoms with Crippen LogP contribution in [0.4, 0.5) is 17.6 Å². The number of hydrogen-bond donors (Lipinski definition) is 0. The molecule has 0 bridgehead atoms. The van der Waals surface area contributed by atoms with Gasteiger partial charge in [-0.3, -0.25) is 0 Å². The lowest BCUT2D eigenvalue weighted by atomic mass is 9.88. The summed E-state index contributed by atoms with van der Waals surface area (Å²) >= 11 is 0. The third-order valence-electron chi connectivity index (χ3n) is 3.76. The zero-order valence-corrected chi connectivity index (χ0v) is 14.2. The molecule has 1 atom stereocenters.